The number of rotatable bonds is 7. The Labute approximate surface area is 107 Å². The lowest BCUT2D eigenvalue weighted by atomic mass is 10.2. The largest absolute Gasteiger partial charge is 0.383 e. The van der Waals surface area contributed by atoms with Gasteiger partial charge in [0.25, 0.3) is 5.91 Å². The van der Waals surface area contributed by atoms with Gasteiger partial charge < -0.3 is 14.4 Å². The third kappa shape index (κ3) is 3.82. The van der Waals surface area contributed by atoms with Crippen LogP contribution in [-0.4, -0.2) is 61.1 Å². The third-order valence-corrected chi connectivity index (χ3v) is 2.66. The molecule has 1 amide bonds. The van der Waals surface area contributed by atoms with Crippen LogP contribution in [0.3, 0.4) is 0 Å². The summed E-state index contributed by atoms with van der Waals surface area (Å²) in [5, 5.41) is 4.18. The van der Waals surface area contributed by atoms with Crippen molar-refractivity contribution in [3.05, 3.63) is 17.5 Å². The Hall–Kier alpha value is -1.40. The monoisotopic (exact) mass is 255 g/mol. The number of hydrogen-bond donors (Lipinski definition) is 0. The summed E-state index contributed by atoms with van der Waals surface area (Å²) in [4.78, 5) is 14.1. The Morgan fingerprint density at radius 1 is 1.33 bits per heavy atom. The first-order valence-electron chi connectivity index (χ1n) is 5.87. The molecule has 0 aromatic carbocycles. The first kappa shape index (κ1) is 14.7. The smallest absolute Gasteiger partial charge is 0.257 e. The van der Waals surface area contributed by atoms with Crippen molar-refractivity contribution in [2.45, 2.75) is 6.92 Å². The average Bonchev–Trinajstić information content (AvgIpc) is 2.68. The Kier molecular flexibility index (Phi) is 5.80. The average molecular weight is 255 g/mol. The maximum absolute atomic E-state index is 12.4. The van der Waals surface area contributed by atoms with E-state index in [2.05, 4.69) is 5.10 Å². The van der Waals surface area contributed by atoms with Crippen molar-refractivity contribution in [3.8, 4) is 0 Å². The second-order valence-corrected chi connectivity index (χ2v) is 4.08. The van der Waals surface area contributed by atoms with Gasteiger partial charge in [-0.05, 0) is 6.92 Å². The molecule has 0 radical (unpaired) electrons. The number of nitrogens with zero attached hydrogens (tertiary/aromatic N) is 3. The van der Waals surface area contributed by atoms with Gasteiger partial charge in [-0.15, -0.1) is 0 Å². The van der Waals surface area contributed by atoms with Crippen molar-refractivity contribution in [1.82, 2.24) is 14.7 Å². The zero-order valence-corrected chi connectivity index (χ0v) is 11.5. The molecule has 1 aromatic rings. The molecule has 0 unspecified atom stereocenters. The van der Waals surface area contributed by atoms with E-state index in [1.807, 2.05) is 6.92 Å². The standard InChI is InChI=1S/C12H21N3O3/c1-10-11(9-14(2)13-10)12(16)15(5-7-17-3)6-8-18-4/h9H,5-8H2,1-4H3. The van der Waals surface area contributed by atoms with Crippen molar-refractivity contribution in [2.75, 3.05) is 40.5 Å². The first-order chi connectivity index (χ1) is 8.60. The molecule has 102 valence electrons. The SMILES string of the molecule is COCCN(CCOC)C(=O)c1cn(C)nc1C. The van der Waals surface area contributed by atoms with Gasteiger partial charge in [0, 0.05) is 40.6 Å². The van der Waals surface area contributed by atoms with E-state index in [0.29, 0.717) is 31.9 Å². The molecule has 0 saturated carbocycles. The van der Waals surface area contributed by atoms with Gasteiger partial charge in [-0.2, -0.15) is 5.10 Å². The number of aromatic nitrogens is 2. The van der Waals surface area contributed by atoms with Gasteiger partial charge >= 0.3 is 0 Å². The van der Waals surface area contributed by atoms with E-state index < -0.39 is 0 Å². The number of aryl methyl sites for hydroxylation is 2. The van der Waals surface area contributed by atoms with Gasteiger partial charge in [-0.25, -0.2) is 0 Å². The molecular formula is C12H21N3O3. The molecule has 18 heavy (non-hydrogen) atoms. The number of methoxy groups -OCH3 is 2. The molecule has 0 atom stereocenters. The number of hydrogen-bond acceptors (Lipinski definition) is 4. The summed E-state index contributed by atoms with van der Waals surface area (Å²) in [6, 6.07) is 0. The second-order valence-electron chi connectivity index (χ2n) is 4.08. The summed E-state index contributed by atoms with van der Waals surface area (Å²) < 4.78 is 11.7. The predicted molar refractivity (Wildman–Crippen MR) is 67.6 cm³/mol. The van der Waals surface area contributed by atoms with Gasteiger partial charge in [-0.3, -0.25) is 9.48 Å². The van der Waals surface area contributed by atoms with E-state index in [0.717, 1.165) is 5.69 Å². The molecule has 0 fully saturated rings. The minimum absolute atomic E-state index is 0.0327. The summed E-state index contributed by atoms with van der Waals surface area (Å²) in [6.07, 6.45) is 1.74. The summed E-state index contributed by atoms with van der Waals surface area (Å²) in [5.41, 5.74) is 1.37. The Morgan fingerprint density at radius 3 is 2.28 bits per heavy atom. The van der Waals surface area contributed by atoms with Crippen molar-refractivity contribution >= 4 is 5.91 Å². The highest BCUT2D eigenvalue weighted by atomic mass is 16.5. The van der Waals surface area contributed by atoms with E-state index in [4.69, 9.17) is 9.47 Å². The molecule has 1 aromatic heterocycles. The van der Waals surface area contributed by atoms with Crippen LogP contribution < -0.4 is 0 Å². The summed E-state index contributed by atoms with van der Waals surface area (Å²) in [7, 11) is 5.04. The maximum Gasteiger partial charge on any atom is 0.257 e. The summed E-state index contributed by atoms with van der Waals surface area (Å²) >= 11 is 0. The van der Waals surface area contributed by atoms with Crippen LogP contribution in [0, 0.1) is 6.92 Å². The quantitative estimate of drug-likeness (QED) is 0.710. The molecule has 0 aliphatic carbocycles. The minimum Gasteiger partial charge on any atom is -0.383 e. The van der Waals surface area contributed by atoms with Crippen LogP contribution in [0.4, 0.5) is 0 Å². The zero-order valence-electron chi connectivity index (χ0n) is 11.5. The Balaban J connectivity index is 2.77. The van der Waals surface area contributed by atoms with Crippen LogP contribution in [0.25, 0.3) is 0 Å². The number of carbonyl (C=O) groups excluding carboxylic acids is 1. The molecule has 0 saturated heterocycles. The van der Waals surface area contributed by atoms with Crippen LogP contribution in [0.15, 0.2) is 6.20 Å². The minimum atomic E-state index is -0.0327. The van der Waals surface area contributed by atoms with E-state index in [1.165, 1.54) is 0 Å². The van der Waals surface area contributed by atoms with E-state index in [9.17, 15) is 4.79 Å². The summed E-state index contributed by atoms with van der Waals surface area (Å²) in [5.74, 6) is -0.0327. The molecule has 0 N–H and O–H groups in total. The van der Waals surface area contributed by atoms with Crippen molar-refractivity contribution in [1.29, 1.82) is 0 Å². The van der Waals surface area contributed by atoms with Gasteiger partial charge in [0.1, 0.15) is 0 Å². The summed E-state index contributed by atoms with van der Waals surface area (Å²) in [6.45, 7) is 3.95. The van der Waals surface area contributed by atoms with Crippen LogP contribution in [-0.2, 0) is 16.5 Å². The highest BCUT2D eigenvalue weighted by Gasteiger charge is 2.19. The number of ether oxygens (including phenoxy) is 2. The van der Waals surface area contributed by atoms with Gasteiger partial charge in [0.05, 0.1) is 24.5 Å². The lowest BCUT2D eigenvalue weighted by Gasteiger charge is -2.21. The van der Waals surface area contributed by atoms with E-state index in [1.54, 1.807) is 37.0 Å². The second kappa shape index (κ2) is 7.13. The molecule has 1 rings (SSSR count). The van der Waals surface area contributed by atoms with Crippen LogP contribution >= 0.6 is 0 Å². The number of carbonyl (C=O) groups is 1. The van der Waals surface area contributed by atoms with E-state index >= 15 is 0 Å². The lowest BCUT2D eigenvalue weighted by molar-refractivity contribution is 0.0626. The molecular weight excluding hydrogens is 234 g/mol. The van der Waals surface area contributed by atoms with Crippen LogP contribution in [0.5, 0.6) is 0 Å². The molecule has 0 aliphatic heterocycles. The lowest BCUT2D eigenvalue weighted by Crippen LogP contribution is -2.36. The Morgan fingerprint density at radius 2 is 1.89 bits per heavy atom. The molecule has 1 heterocycles. The molecule has 6 heteroatoms. The van der Waals surface area contributed by atoms with Crippen molar-refractivity contribution < 1.29 is 14.3 Å². The highest BCUT2D eigenvalue weighted by molar-refractivity contribution is 5.95. The van der Waals surface area contributed by atoms with E-state index in [-0.39, 0.29) is 5.91 Å². The van der Waals surface area contributed by atoms with Crippen LogP contribution in [0.1, 0.15) is 16.1 Å². The van der Waals surface area contributed by atoms with Gasteiger partial charge in [-0.1, -0.05) is 0 Å². The zero-order chi connectivity index (χ0) is 13.5. The maximum atomic E-state index is 12.4. The number of amides is 1. The predicted octanol–water partition coefficient (Wildman–Crippen LogP) is 0.464. The molecule has 0 bridgehead atoms. The van der Waals surface area contributed by atoms with Gasteiger partial charge in [0.2, 0.25) is 0 Å². The first-order valence-corrected chi connectivity index (χ1v) is 5.87. The fourth-order valence-corrected chi connectivity index (χ4v) is 1.70. The van der Waals surface area contributed by atoms with Crippen molar-refractivity contribution in [2.24, 2.45) is 7.05 Å². The molecule has 0 aliphatic rings. The van der Waals surface area contributed by atoms with Gasteiger partial charge in [0.15, 0.2) is 0 Å². The Bertz CT molecular complexity index is 382. The van der Waals surface area contributed by atoms with Crippen LogP contribution in [0.2, 0.25) is 0 Å². The molecule has 6 nitrogen and oxygen atoms in total. The fourth-order valence-electron chi connectivity index (χ4n) is 1.70. The van der Waals surface area contributed by atoms with Crippen molar-refractivity contribution in [3.63, 3.8) is 0 Å². The normalized spacial score (nSPS) is 10.7. The topological polar surface area (TPSA) is 56.6 Å². The third-order valence-electron chi connectivity index (χ3n) is 2.66. The fraction of sp³-hybridized carbons (Fsp3) is 0.667. The molecule has 0 spiro atoms. The highest BCUT2D eigenvalue weighted by Crippen LogP contribution is 2.09.